The number of amides is 1. The monoisotopic (exact) mass is 209 g/mol. The minimum atomic E-state index is -0.163. The molecule has 1 N–H and O–H groups in total. The van der Waals surface area contributed by atoms with Gasteiger partial charge < -0.3 is 9.64 Å². The second-order valence-electron chi connectivity index (χ2n) is 3.90. The van der Waals surface area contributed by atoms with Gasteiger partial charge in [0, 0.05) is 13.1 Å². The summed E-state index contributed by atoms with van der Waals surface area (Å²) < 4.78 is 5.64. The van der Waals surface area contributed by atoms with Crippen molar-refractivity contribution in [1.82, 2.24) is 25.5 Å². The largest absolute Gasteiger partial charge is 0.371 e. The van der Waals surface area contributed by atoms with E-state index in [4.69, 9.17) is 4.74 Å². The van der Waals surface area contributed by atoms with E-state index in [9.17, 15) is 4.79 Å². The van der Waals surface area contributed by atoms with Crippen LogP contribution in [0.3, 0.4) is 0 Å². The van der Waals surface area contributed by atoms with E-state index in [0.717, 1.165) is 12.8 Å². The number of carbonyl (C=O) groups is 1. The van der Waals surface area contributed by atoms with Crippen LogP contribution in [0.15, 0.2) is 0 Å². The summed E-state index contributed by atoms with van der Waals surface area (Å²) in [6, 6.07) is 0. The summed E-state index contributed by atoms with van der Waals surface area (Å²) in [7, 11) is 0. The number of hydrogen-bond acceptors (Lipinski definition) is 5. The van der Waals surface area contributed by atoms with Crippen LogP contribution in [0.1, 0.15) is 23.5 Å². The minimum Gasteiger partial charge on any atom is -0.371 e. The van der Waals surface area contributed by atoms with Crippen LogP contribution in [0.25, 0.3) is 0 Å². The molecule has 7 heteroatoms. The third-order valence-electron chi connectivity index (χ3n) is 2.87. The molecule has 7 nitrogen and oxygen atoms in total. The number of rotatable bonds is 1. The van der Waals surface area contributed by atoms with Gasteiger partial charge in [0.2, 0.25) is 0 Å². The van der Waals surface area contributed by atoms with Crippen LogP contribution in [0.2, 0.25) is 0 Å². The number of H-pyrrole nitrogens is 1. The summed E-state index contributed by atoms with van der Waals surface area (Å²) in [6.07, 6.45) is 2.47. The maximum Gasteiger partial charge on any atom is 0.295 e. The third kappa shape index (κ3) is 1.48. The summed E-state index contributed by atoms with van der Waals surface area (Å²) in [4.78, 5) is 13.6. The van der Waals surface area contributed by atoms with E-state index in [1.165, 1.54) is 0 Å². The highest BCUT2D eigenvalue weighted by Gasteiger charge is 2.36. The average Bonchev–Trinajstić information content (AvgIpc) is 2.87. The van der Waals surface area contributed by atoms with Crippen LogP contribution in [0.4, 0.5) is 0 Å². The number of nitrogens with zero attached hydrogens (tertiary/aromatic N) is 4. The van der Waals surface area contributed by atoms with Crippen molar-refractivity contribution in [2.45, 2.75) is 25.0 Å². The zero-order chi connectivity index (χ0) is 10.3. The lowest BCUT2D eigenvalue weighted by Crippen LogP contribution is -2.46. The lowest BCUT2D eigenvalue weighted by atomic mass is 10.2. The van der Waals surface area contributed by atoms with Crippen LogP contribution in [-0.4, -0.2) is 56.7 Å². The van der Waals surface area contributed by atoms with Crippen LogP contribution in [0, 0.1) is 0 Å². The van der Waals surface area contributed by atoms with Gasteiger partial charge in [0.25, 0.3) is 11.7 Å². The van der Waals surface area contributed by atoms with Gasteiger partial charge in [-0.05, 0) is 18.1 Å². The van der Waals surface area contributed by atoms with Crippen LogP contribution in [0.5, 0.6) is 0 Å². The number of fused-ring (bicyclic) bond motifs is 2. The smallest absolute Gasteiger partial charge is 0.295 e. The van der Waals surface area contributed by atoms with E-state index in [0.29, 0.717) is 13.1 Å². The van der Waals surface area contributed by atoms with Gasteiger partial charge >= 0.3 is 0 Å². The molecular weight excluding hydrogens is 198 g/mol. The molecule has 2 unspecified atom stereocenters. The fourth-order valence-corrected chi connectivity index (χ4v) is 2.17. The van der Waals surface area contributed by atoms with Gasteiger partial charge in [0.15, 0.2) is 0 Å². The number of morpholine rings is 1. The van der Waals surface area contributed by atoms with Crippen LogP contribution >= 0.6 is 0 Å². The maximum absolute atomic E-state index is 11.9. The molecular formula is C8H11N5O2. The molecule has 2 fully saturated rings. The minimum absolute atomic E-state index is 0.135. The van der Waals surface area contributed by atoms with E-state index in [2.05, 4.69) is 20.6 Å². The lowest BCUT2D eigenvalue weighted by molar-refractivity contribution is -0.0307. The van der Waals surface area contributed by atoms with Crippen molar-refractivity contribution in [3.63, 3.8) is 0 Å². The molecule has 0 aromatic carbocycles. The number of aromatic nitrogens is 4. The number of ether oxygens (including phenoxy) is 1. The van der Waals surface area contributed by atoms with Crippen molar-refractivity contribution in [3.05, 3.63) is 5.82 Å². The number of likely N-dealkylation sites (tertiary alicyclic amines) is 1. The number of hydrogen-bond donors (Lipinski definition) is 1. The van der Waals surface area contributed by atoms with E-state index in [1.807, 2.05) is 0 Å². The Balaban J connectivity index is 1.75. The lowest BCUT2D eigenvalue weighted by Gasteiger charge is -2.31. The van der Waals surface area contributed by atoms with Gasteiger partial charge in [-0.15, -0.1) is 10.2 Å². The molecule has 2 bridgehead atoms. The summed E-state index contributed by atoms with van der Waals surface area (Å²) in [5, 5.41) is 13.0. The van der Waals surface area contributed by atoms with Crippen LogP contribution < -0.4 is 0 Å². The highest BCUT2D eigenvalue weighted by Crippen LogP contribution is 2.26. The standard InChI is InChI=1S/C8H11N5O2/c14-8(7-9-11-12-10-7)13-3-5-1-2-6(4-13)15-5/h5-6H,1-4H2,(H,9,10,11,12). The van der Waals surface area contributed by atoms with Gasteiger partial charge in [-0.2, -0.15) is 5.21 Å². The second kappa shape index (κ2) is 3.27. The van der Waals surface area contributed by atoms with E-state index >= 15 is 0 Å². The number of aromatic amines is 1. The van der Waals surface area contributed by atoms with Gasteiger partial charge in [0.05, 0.1) is 12.2 Å². The first-order valence-corrected chi connectivity index (χ1v) is 5.01. The molecule has 2 aliphatic rings. The Hall–Kier alpha value is -1.50. The SMILES string of the molecule is O=C(c1nn[nH]n1)N1CC2CCC(C1)O2. The normalized spacial score (nSPS) is 29.5. The summed E-state index contributed by atoms with van der Waals surface area (Å²) in [5.74, 6) is -0.0275. The first-order valence-electron chi connectivity index (χ1n) is 5.01. The van der Waals surface area contributed by atoms with Crippen molar-refractivity contribution in [2.24, 2.45) is 0 Å². The molecule has 0 saturated carbocycles. The Bertz CT molecular complexity index is 353. The molecule has 2 saturated heterocycles. The van der Waals surface area contributed by atoms with Crippen molar-refractivity contribution in [2.75, 3.05) is 13.1 Å². The Morgan fingerprint density at radius 1 is 1.40 bits per heavy atom. The van der Waals surface area contributed by atoms with E-state index in [1.54, 1.807) is 4.90 Å². The summed E-state index contributed by atoms with van der Waals surface area (Å²) >= 11 is 0. The van der Waals surface area contributed by atoms with Gasteiger partial charge in [-0.3, -0.25) is 4.79 Å². The fourth-order valence-electron chi connectivity index (χ4n) is 2.17. The molecule has 0 spiro atoms. The number of tetrazole rings is 1. The van der Waals surface area contributed by atoms with Gasteiger partial charge in [0.1, 0.15) is 0 Å². The van der Waals surface area contributed by atoms with Gasteiger partial charge in [-0.1, -0.05) is 0 Å². The molecule has 0 aliphatic carbocycles. The quantitative estimate of drug-likeness (QED) is 0.654. The predicted molar refractivity (Wildman–Crippen MR) is 48.0 cm³/mol. The fraction of sp³-hybridized carbons (Fsp3) is 0.750. The van der Waals surface area contributed by atoms with Crippen LogP contribution in [-0.2, 0) is 4.74 Å². The maximum atomic E-state index is 11.9. The first kappa shape index (κ1) is 8.78. The molecule has 0 radical (unpaired) electrons. The van der Waals surface area contributed by atoms with Crippen molar-refractivity contribution >= 4 is 5.91 Å². The molecule has 80 valence electrons. The van der Waals surface area contributed by atoms with Gasteiger partial charge in [-0.25, -0.2) is 0 Å². The third-order valence-corrected chi connectivity index (χ3v) is 2.87. The van der Waals surface area contributed by atoms with Crippen molar-refractivity contribution in [3.8, 4) is 0 Å². The molecule has 2 aliphatic heterocycles. The number of nitrogens with one attached hydrogen (secondary N) is 1. The first-order chi connectivity index (χ1) is 7.33. The zero-order valence-corrected chi connectivity index (χ0v) is 8.09. The Morgan fingerprint density at radius 3 is 2.73 bits per heavy atom. The van der Waals surface area contributed by atoms with E-state index in [-0.39, 0.29) is 23.9 Å². The van der Waals surface area contributed by atoms with Crippen molar-refractivity contribution in [1.29, 1.82) is 0 Å². The summed E-state index contributed by atoms with van der Waals surface area (Å²) in [5.41, 5.74) is 0. The molecule has 2 atom stereocenters. The predicted octanol–water partition coefficient (Wildman–Crippen LogP) is -0.797. The highest BCUT2D eigenvalue weighted by molar-refractivity contribution is 5.90. The Kier molecular flexibility index (Phi) is 1.91. The summed E-state index contributed by atoms with van der Waals surface area (Å²) in [6.45, 7) is 1.29. The molecule has 3 heterocycles. The zero-order valence-electron chi connectivity index (χ0n) is 8.09. The molecule has 1 aromatic rings. The molecule has 3 rings (SSSR count). The average molecular weight is 209 g/mol. The highest BCUT2D eigenvalue weighted by atomic mass is 16.5. The Morgan fingerprint density at radius 2 is 2.13 bits per heavy atom. The molecule has 15 heavy (non-hydrogen) atoms. The second-order valence-corrected chi connectivity index (χ2v) is 3.90. The van der Waals surface area contributed by atoms with Crippen molar-refractivity contribution < 1.29 is 9.53 Å². The topological polar surface area (TPSA) is 84.0 Å². The molecule has 1 amide bonds. The number of carbonyl (C=O) groups excluding carboxylic acids is 1. The van der Waals surface area contributed by atoms with E-state index < -0.39 is 0 Å². The molecule has 1 aromatic heterocycles. The Labute approximate surface area is 85.8 Å².